The first-order chi connectivity index (χ1) is 12.8. The van der Waals surface area contributed by atoms with Gasteiger partial charge in [0.15, 0.2) is 11.6 Å². The third-order valence-electron chi connectivity index (χ3n) is 4.56. The van der Waals surface area contributed by atoms with Crippen molar-refractivity contribution < 1.29 is 23.5 Å². The summed E-state index contributed by atoms with van der Waals surface area (Å²) in [5.41, 5.74) is 1.84. The lowest BCUT2D eigenvalue weighted by molar-refractivity contribution is -0.131. The summed E-state index contributed by atoms with van der Waals surface area (Å²) in [6.45, 7) is 1.56. The molecule has 0 bridgehead atoms. The normalized spacial score (nSPS) is 19.2. The Balaban J connectivity index is 1.74. The van der Waals surface area contributed by atoms with E-state index in [0.29, 0.717) is 11.3 Å². The van der Waals surface area contributed by atoms with Crippen molar-refractivity contribution in [3.63, 3.8) is 0 Å². The highest BCUT2D eigenvalue weighted by Gasteiger charge is 2.35. The van der Waals surface area contributed by atoms with E-state index in [0.717, 1.165) is 17.7 Å². The fourth-order valence-corrected chi connectivity index (χ4v) is 3.31. The van der Waals surface area contributed by atoms with E-state index in [9.17, 15) is 23.5 Å². The predicted octanol–water partition coefficient (Wildman–Crippen LogP) is 2.80. The molecule has 1 saturated heterocycles. The van der Waals surface area contributed by atoms with Crippen molar-refractivity contribution in [1.82, 2.24) is 4.90 Å². The van der Waals surface area contributed by atoms with Crippen LogP contribution in [0, 0.1) is 11.6 Å². The molecule has 0 unspecified atom stereocenters. The molecule has 0 aromatic heterocycles. The van der Waals surface area contributed by atoms with Crippen LogP contribution in [-0.4, -0.2) is 34.5 Å². The van der Waals surface area contributed by atoms with E-state index >= 15 is 0 Å². The average Bonchev–Trinajstić information content (AvgIpc) is 3.00. The minimum atomic E-state index is -0.977. The molecule has 0 spiro atoms. The average molecular weight is 374 g/mol. The molecule has 27 heavy (non-hydrogen) atoms. The van der Waals surface area contributed by atoms with Gasteiger partial charge in [0, 0.05) is 19.2 Å². The summed E-state index contributed by atoms with van der Waals surface area (Å²) in [5, 5.41) is 12.6. The first-order valence-corrected chi connectivity index (χ1v) is 8.62. The maximum Gasteiger partial charge on any atom is 0.227 e. The molecule has 5 nitrogen and oxygen atoms in total. The van der Waals surface area contributed by atoms with Gasteiger partial charge in [-0.15, -0.1) is 0 Å². The Labute approximate surface area is 155 Å². The highest BCUT2D eigenvalue weighted by atomic mass is 19.2. The molecule has 2 amide bonds. The first-order valence-electron chi connectivity index (χ1n) is 8.62. The minimum Gasteiger partial charge on any atom is -0.391 e. The maximum atomic E-state index is 13.6. The van der Waals surface area contributed by atoms with Gasteiger partial charge in [0.25, 0.3) is 0 Å². The summed E-state index contributed by atoms with van der Waals surface area (Å²) in [5.74, 6) is -2.32. The van der Waals surface area contributed by atoms with E-state index in [1.165, 1.54) is 17.9 Å². The van der Waals surface area contributed by atoms with Gasteiger partial charge in [0.05, 0.1) is 18.6 Å². The lowest BCUT2D eigenvalue weighted by atomic mass is 10.0. The van der Waals surface area contributed by atoms with Crippen molar-refractivity contribution in [2.24, 2.45) is 0 Å². The van der Waals surface area contributed by atoms with Crippen LogP contribution in [0.1, 0.15) is 30.5 Å². The summed E-state index contributed by atoms with van der Waals surface area (Å²) in [4.78, 5) is 25.3. The molecule has 2 aromatic rings. The Morgan fingerprint density at radius 2 is 1.85 bits per heavy atom. The van der Waals surface area contributed by atoms with Gasteiger partial charge >= 0.3 is 0 Å². The van der Waals surface area contributed by atoms with Gasteiger partial charge in [0.1, 0.15) is 0 Å². The van der Waals surface area contributed by atoms with Gasteiger partial charge in [-0.05, 0) is 41.8 Å². The number of carbonyl (C=O) groups is 2. The van der Waals surface area contributed by atoms with Gasteiger partial charge in [0.2, 0.25) is 11.8 Å². The lowest BCUT2D eigenvalue weighted by Gasteiger charge is -2.25. The van der Waals surface area contributed by atoms with Gasteiger partial charge in [-0.1, -0.05) is 18.2 Å². The van der Waals surface area contributed by atoms with Gasteiger partial charge in [-0.25, -0.2) is 8.78 Å². The van der Waals surface area contributed by atoms with Crippen LogP contribution >= 0.6 is 0 Å². The number of nitrogens with zero attached hydrogens (tertiary/aromatic N) is 1. The summed E-state index contributed by atoms with van der Waals surface area (Å²) >= 11 is 0. The molecule has 3 rings (SSSR count). The SMILES string of the molecule is CC(=O)Nc1ccc(CC(=O)N2C[C@@H](O)C[C@H]2c2ccc(F)c(F)c2)cc1. The molecule has 0 saturated carbocycles. The third-order valence-corrected chi connectivity index (χ3v) is 4.56. The van der Waals surface area contributed by atoms with Crippen LogP contribution in [0.25, 0.3) is 0 Å². The van der Waals surface area contributed by atoms with Crippen molar-refractivity contribution in [2.45, 2.75) is 31.9 Å². The molecule has 1 aliphatic heterocycles. The van der Waals surface area contributed by atoms with E-state index in [4.69, 9.17) is 0 Å². The topological polar surface area (TPSA) is 69.6 Å². The van der Waals surface area contributed by atoms with Gasteiger partial charge in [-0.3, -0.25) is 9.59 Å². The number of rotatable bonds is 4. The molecular weight excluding hydrogens is 354 g/mol. The molecule has 1 aliphatic rings. The highest BCUT2D eigenvalue weighted by Crippen LogP contribution is 2.33. The molecule has 1 fully saturated rings. The monoisotopic (exact) mass is 374 g/mol. The molecule has 0 aliphatic carbocycles. The van der Waals surface area contributed by atoms with Gasteiger partial charge < -0.3 is 15.3 Å². The summed E-state index contributed by atoms with van der Waals surface area (Å²) in [6, 6.07) is 9.92. The van der Waals surface area contributed by atoms with E-state index in [1.54, 1.807) is 24.3 Å². The number of amides is 2. The number of hydrogen-bond acceptors (Lipinski definition) is 3. The summed E-state index contributed by atoms with van der Waals surface area (Å²) in [7, 11) is 0. The fraction of sp³-hybridized carbons (Fsp3) is 0.300. The van der Waals surface area contributed by atoms with E-state index < -0.39 is 23.8 Å². The molecule has 1 heterocycles. The van der Waals surface area contributed by atoms with E-state index in [1.807, 2.05) is 0 Å². The molecule has 2 atom stereocenters. The van der Waals surface area contributed by atoms with E-state index in [2.05, 4.69) is 5.32 Å². The molecular formula is C20H20F2N2O3. The second-order valence-electron chi connectivity index (χ2n) is 6.68. The highest BCUT2D eigenvalue weighted by molar-refractivity contribution is 5.88. The molecule has 2 aromatic carbocycles. The van der Waals surface area contributed by atoms with Crippen LogP contribution < -0.4 is 5.32 Å². The zero-order valence-electron chi connectivity index (χ0n) is 14.8. The second kappa shape index (κ2) is 7.84. The summed E-state index contributed by atoms with van der Waals surface area (Å²) < 4.78 is 26.7. The van der Waals surface area contributed by atoms with Crippen molar-refractivity contribution in [3.8, 4) is 0 Å². The fourth-order valence-electron chi connectivity index (χ4n) is 3.31. The minimum absolute atomic E-state index is 0.104. The molecule has 0 radical (unpaired) electrons. The van der Waals surface area contributed by atoms with Gasteiger partial charge in [-0.2, -0.15) is 0 Å². The zero-order valence-corrected chi connectivity index (χ0v) is 14.8. The van der Waals surface area contributed by atoms with Crippen LogP contribution in [0.3, 0.4) is 0 Å². The summed E-state index contributed by atoms with van der Waals surface area (Å²) in [6.07, 6.45) is -0.333. The standard InChI is InChI=1S/C20H20F2N2O3/c1-12(25)23-15-5-2-13(3-6-15)8-20(27)24-11-16(26)10-19(24)14-4-7-17(21)18(22)9-14/h2-7,9,16,19,26H,8,10-11H2,1H3,(H,23,25)/t16-,19-/m0/s1. The van der Waals surface area contributed by atoms with Crippen LogP contribution in [-0.2, 0) is 16.0 Å². The number of aliphatic hydroxyl groups excluding tert-OH is 1. The third kappa shape index (κ3) is 4.49. The Morgan fingerprint density at radius 3 is 2.48 bits per heavy atom. The second-order valence-corrected chi connectivity index (χ2v) is 6.68. The number of benzene rings is 2. The quantitative estimate of drug-likeness (QED) is 0.865. The number of halogens is 2. The largest absolute Gasteiger partial charge is 0.391 e. The van der Waals surface area contributed by atoms with Crippen LogP contribution in [0.2, 0.25) is 0 Å². The van der Waals surface area contributed by atoms with Crippen LogP contribution in [0.4, 0.5) is 14.5 Å². The molecule has 7 heteroatoms. The molecule has 2 N–H and O–H groups in total. The number of aliphatic hydroxyl groups is 1. The maximum absolute atomic E-state index is 13.6. The predicted molar refractivity (Wildman–Crippen MR) is 95.9 cm³/mol. The Bertz CT molecular complexity index is 855. The number of nitrogens with one attached hydrogen (secondary N) is 1. The van der Waals surface area contributed by atoms with Crippen LogP contribution in [0.15, 0.2) is 42.5 Å². The number of anilines is 1. The number of carbonyl (C=O) groups excluding carboxylic acids is 2. The van der Waals surface area contributed by atoms with Crippen molar-refractivity contribution in [2.75, 3.05) is 11.9 Å². The van der Waals surface area contributed by atoms with E-state index in [-0.39, 0.29) is 31.2 Å². The lowest BCUT2D eigenvalue weighted by Crippen LogP contribution is -2.33. The Kier molecular flexibility index (Phi) is 5.51. The van der Waals surface area contributed by atoms with Crippen molar-refractivity contribution >= 4 is 17.5 Å². The zero-order chi connectivity index (χ0) is 19.6. The van der Waals surface area contributed by atoms with Crippen molar-refractivity contribution in [3.05, 3.63) is 65.2 Å². The Hall–Kier alpha value is -2.80. The van der Waals surface area contributed by atoms with Crippen LogP contribution in [0.5, 0.6) is 0 Å². The smallest absolute Gasteiger partial charge is 0.227 e. The first kappa shape index (κ1) is 19.0. The van der Waals surface area contributed by atoms with Crippen molar-refractivity contribution in [1.29, 1.82) is 0 Å². The number of β-amino-alcohol motifs (C(OH)–C–C–N with tert-alkyl or cyclic N) is 1. The number of likely N-dealkylation sites (tertiary alicyclic amines) is 1. The molecule has 142 valence electrons. The Morgan fingerprint density at radius 1 is 1.15 bits per heavy atom. The number of hydrogen-bond donors (Lipinski definition) is 2.